The minimum atomic E-state index is -0.199. The van der Waals surface area contributed by atoms with Gasteiger partial charge in [0.25, 0.3) is 0 Å². The van der Waals surface area contributed by atoms with Crippen LogP contribution in [0.15, 0.2) is 132 Å². The van der Waals surface area contributed by atoms with Crippen LogP contribution in [0.5, 0.6) is 0 Å². The first-order chi connectivity index (χ1) is 22.1. The van der Waals surface area contributed by atoms with Crippen molar-refractivity contribution in [2.24, 2.45) is 0 Å². The van der Waals surface area contributed by atoms with Gasteiger partial charge in [0.05, 0.1) is 22.4 Å². The molecule has 0 spiro atoms. The van der Waals surface area contributed by atoms with Gasteiger partial charge in [0.2, 0.25) is 0 Å². The molecule has 45 heavy (non-hydrogen) atoms. The van der Waals surface area contributed by atoms with E-state index >= 15 is 0 Å². The molecule has 1 aliphatic rings. The Balaban J connectivity index is 1.26. The molecule has 0 fully saturated rings. The van der Waals surface area contributed by atoms with Crippen LogP contribution in [0.4, 0.5) is 0 Å². The fraction of sp³-hybridized carbons (Fsp3) is 0.0732. The molecule has 0 N–H and O–H groups in total. The minimum Gasteiger partial charge on any atom is -0.454 e. The molecule has 0 atom stereocenters. The van der Waals surface area contributed by atoms with Crippen molar-refractivity contribution in [1.82, 2.24) is 14.5 Å². The van der Waals surface area contributed by atoms with Gasteiger partial charge in [0.1, 0.15) is 11.1 Å². The summed E-state index contributed by atoms with van der Waals surface area (Å²) in [6, 6.07) is 45.1. The van der Waals surface area contributed by atoms with Gasteiger partial charge in [-0.05, 0) is 58.3 Å². The topological polar surface area (TPSA) is 43.9 Å². The van der Waals surface area contributed by atoms with E-state index in [1.807, 2.05) is 12.1 Å². The number of nitrogens with zero attached hydrogens (tertiary/aromatic N) is 3. The van der Waals surface area contributed by atoms with Crippen LogP contribution in [0.2, 0.25) is 0 Å². The summed E-state index contributed by atoms with van der Waals surface area (Å²) in [5, 5.41) is 5.72. The molecule has 4 heterocycles. The van der Waals surface area contributed by atoms with Crippen LogP contribution in [0.3, 0.4) is 0 Å². The number of benzene rings is 6. The molecule has 0 saturated carbocycles. The van der Waals surface area contributed by atoms with E-state index < -0.39 is 0 Å². The van der Waals surface area contributed by atoms with Gasteiger partial charge >= 0.3 is 0 Å². The van der Waals surface area contributed by atoms with Crippen molar-refractivity contribution < 1.29 is 4.42 Å². The molecule has 212 valence electrons. The Kier molecular flexibility index (Phi) is 4.76. The average Bonchev–Trinajstić information content (AvgIpc) is 3.62. The van der Waals surface area contributed by atoms with Gasteiger partial charge in [-0.3, -0.25) is 0 Å². The highest BCUT2D eigenvalue weighted by Gasteiger charge is 2.36. The highest BCUT2D eigenvalue weighted by Crippen LogP contribution is 2.50. The maximum absolute atomic E-state index is 6.53. The fourth-order valence-corrected chi connectivity index (χ4v) is 7.55. The minimum absolute atomic E-state index is 0.199. The third-order valence-electron chi connectivity index (χ3n) is 9.77. The standard InChI is InChI=1S/C41H27N3O/c1-41(2)31-21-20-27(23-34(31)44-37-30(14-9-15-32(37)41)39-38(44)29-13-6-8-17-35(29)45-39)40-42-33-16-7-5-12-28(33)36(43-40)26-19-18-24-10-3-4-11-25(24)22-26/h3-23H,1-2H3. The first-order valence-electron chi connectivity index (χ1n) is 15.4. The summed E-state index contributed by atoms with van der Waals surface area (Å²) in [5.74, 6) is 0.716. The Morgan fingerprint density at radius 2 is 1.33 bits per heavy atom. The van der Waals surface area contributed by atoms with E-state index in [1.165, 1.54) is 27.4 Å². The van der Waals surface area contributed by atoms with Crippen LogP contribution >= 0.6 is 0 Å². The summed E-state index contributed by atoms with van der Waals surface area (Å²) in [5.41, 5.74) is 11.6. The lowest BCUT2D eigenvalue weighted by molar-refractivity contribution is 0.630. The molecular weight excluding hydrogens is 550 g/mol. The Labute approximate surface area is 259 Å². The van der Waals surface area contributed by atoms with E-state index in [9.17, 15) is 0 Å². The maximum Gasteiger partial charge on any atom is 0.161 e. The molecule has 0 saturated heterocycles. The molecule has 1 aliphatic heterocycles. The first-order valence-corrected chi connectivity index (χ1v) is 15.4. The van der Waals surface area contributed by atoms with Gasteiger partial charge in [-0.1, -0.05) is 105 Å². The Hall–Kier alpha value is -5.74. The second-order valence-electron chi connectivity index (χ2n) is 12.6. The zero-order valence-electron chi connectivity index (χ0n) is 24.9. The second-order valence-corrected chi connectivity index (χ2v) is 12.6. The summed E-state index contributed by atoms with van der Waals surface area (Å²) in [6.45, 7) is 4.64. The zero-order valence-corrected chi connectivity index (χ0v) is 24.9. The molecule has 6 aromatic carbocycles. The summed E-state index contributed by atoms with van der Waals surface area (Å²) in [7, 11) is 0. The van der Waals surface area contributed by atoms with Gasteiger partial charge in [-0.2, -0.15) is 0 Å². The highest BCUT2D eigenvalue weighted by molar-refractivity contribution is 6.18. The average molecular weight is 578 g/mol. The van der Waals surface area contributed by atoms with Gasteiger partial charge in [0.15, 0.2) is 11.4 Å². The van der Waals surface area contributed by atoms with E-state index in [2.05, 4.69) is 134 Å². The van der Waals surface area contributed by atoms with Crippen LogP contribution in [0.1, 0.15) is 25.0 Å². The van der Waals surface area contributed by atoms with Crippen LogP contribution in [-0.2, 0) is 5.41 Å². The number of furan rings is 1. The Morgan fingerprint density at radius 1 is 0.578 bits per heavy atom. The normalized spacial score (nSPS) is 13.7. The van der Waals surface area contributed by atoms with E-state index in [4.69, 9.17) is 14.4 Å². The maximum atomic E-state index is 6.53. The third-order valence-corrected chi connectivity index (χ3v) is 9.77. The number of aromatic nitrogens is 3. The van der Waals surface area contributed by atoms with Crippen LogP contribution < -0.4 is 0 Å². The van der Waals surface area contributed by atoms with Crippen molar-refractivity contribution in [2.45, 2.75) is 19.3 Å². The third kappa shape index (κ3) is 3.31. The molecule has 0 aliphatic carbocycles. The fourth-order valence-electron chi connectivity index (χ4n) is 7.55. The predicted octanol–water partition coefficient (Wildman–Crippen LogP) is 10.6. The second kappa shape index (κ2) is 8.67. The molecule has 10 rings (SSSR count). The summed E-state index contributed by atoms with van der Waals surface area (Å²) >= 11 is 0. The largest absolute Gasteiger partial charge is 0.454 e. The predicted molar refractivity (Wildman–Crippen MR) is 184 cm³/mol. The molecule has 3 aromatic heterocycles. The van der Waals surface area contributed by atoms with Crippen molar-refractivity contribution in [2.75, 3.05) is 0 Å². The molecule has 0 amide bonds. The molecule has 4 nitrogen and oxygen atoms in total. The van der Waals surface area contributed by atoms with Crippen LogP contribution in [0.25, 0.3) is 83.0 Å². The quantitative estimate of drug-likeness (QED) is 0.205. The van der Waals surface area contributed by atoms with Crippen LogP contribution in [0, 0.1) is 0 Å². The molecule has 0 unspecified atom stereocenters. The van der Waals surface area contributed by atoms with Gasteiger partial charge < -0.3 is 8.98 Å². The first kappa shape index (κ1) is 24.7. The van der Waals surface area contributed by atoms with Crippen molar-refractivity contribution in [3.8, 4) is 28.3 Å². The van der Waals surface area contributed by atoms with Gasteiger partial charge in [-0.15, -0.1) is 0 Å². The Bertz CT molecular complexity index is 2690. The summed E-state index contributed by atoms with van der Waals surface area (Å²) < 4.78 is 8.94. The van der Waals surface area contributed by atoms with E-state index in [0.717, 1.165) is 60.9 Å². The van der Waals surface area contributed by atoms with E-state index in [1.54, 1.807) is 0 Å². The SMILES string of the molecule is CC1(C)c2ccc(-c3nc(-c4ccc5ccccc5c4)c4ccccc4n3)cc2-n2c3c1cccc3c1oc3ccccc3c12. The number of para-hydroxylation sites is 3. The molecule has 4 heteroatoms. The monoisotopic (exact) mass is 577 g/mol. The van der Waals surface area contributed by atoms with Gasteiger partial charge in [-0.25, -0.2) is 9.97 Å². The summed E-state index contributed by atoms with van der Waals surface area (Å²) in [6.07, 6.45) is 0. The lowest BCUT2D eigenvalue weighted by Crippen LogP contribution is -2.26. The van der Waals surface area contributed by atoms with Crippen molar-refractivity contribution in [1.29, 1.82) is 0 Å². The zero-order chi connectivity index (χ0) is 29.9. The molecule has 0 bridgehead atoms. The molecule has 0 radical (unpaired) electrons. The van der Waals surface area contributed by atoms with Crippen molar-refractivity contribution >= 4 is 54.6 Å². The van der Waals surface area contributed by atoms with Crippen LogP contribution in [-0.4, -0.2) is 14.5 Å². The number of hydrogen-bond acceptors (Lipinski definition) is 3. The molecular formula is C41H27N3O. The van der Waals surface area contributed by atoms with E-state index in [0.29, 0.717) is 5.82 Å². The number of rotatable bonds is 2. The van der Waals surface area contributed by atoms with E-state index in [-0.39, 0.29) is 5.41 Å². The summed E-state index contributed by atoms with van der Waals surface area (Å²) in [4.78, 5) is 10.4. The van der Waals surface area contributed by atoms with Crippen molar-refractivity contribution in [3.05, 3.63) is 139 Å². The van der Waals surface area contributed by atoms with Crippen molar-refractivity contribution in [3.63, 3.8) is 0 Å². The number of hydrogen-bond donors (Lipinski definition) is 0. The lowest BCUT2D eigenvalue weighted by Gasteiger charge is -2.34. The molecule has 9 aromatic rings. The lowest BCUT2D eigenvalue weighted by atomic mass is 9.74. The number of fused-ring (bicyclic) bond motifs is 9. The Morgan fingerprint density at radius 3 is 2.24 bits per heavy atom. The van der Waals surface area contributed by atoms with Gasteiger partial charge in [0, 0.05) is 32.7 Å². The smallest absolute Gasteiger partial charge is 0.161 e. The highest BCUT2D eigenvalue weighted by atomic mass is 16.3.